The van der Waals surface area contributed by atoms with Crippen LogP contribution in [0, 0.1) is 0 Å². The van der Waals surface area contributed by atoms with E-state index in [9.17, 15) is 0 Å². The molecule has 0 bridgehead atoms. The lowest BCUT2D eigenvalue weighted by Crippen LogP contribution is -2.23. The monoisotopic (exact) mass is 258 g/mol. The second kappa shape index (κ2) is 6.24. The average Bonchev–Trinajstić information content (AvgIpc) is 2.47. The van der Waals surface area contributed by atoms with Gasteiger partial charge in [-0.1, -0.05) is 0 Å². The highest BCUT2D eigenvalue weighted by molar-refractivity contribution is 5.22. The number of pyridine rings is 1. The summed E-state index contributed by atoms with van der Waals surface area (Å²) in [6.45, 7) is 2.85. The fraction of sp³-hybridized carbons (Fsp3) is 0.357. The molecule has 1 unspecified atom stereocenters. The molecule has 0 aromatic carbocycles. The summed E-state index contributed by atoms with van der Waals surface area (Å²) in [5.74, 6) is 0.827. The first-order chi connectivity index (χ1) is 9.20. The normalized spacial score (nSPS) is 12.4. The van der Waals surface area contributed by atoms with Crippen molar-refractivity contribution in [2.75, 3.05) is 14.2 Å². The van der Waals surface area contributed by atoms with Crippen LogP contribution in [0.2, 0.25) is 0 Å². The van der Waals surface area contributed by atoms with E-state index in [0.29, 0.717) is 0 Å². The lowest BCUT2D eigenvalue weighted by molar-refractivity contribution is 0.245. The number of rotatable bonds is 5. The number of aromatic nitrogens is 3. The summed E-state index contributed by atoms with van der Waals surface area (Å²) in [5.41, 5.74) is 1.98. The zero-order chi connectivity index (χ0) is 13.7. The molecule has 2 aromatic rings. The minimum atomic E-state index is 0.205. The molecular formula is C14H18N4O. The maximum atomic E-state index is 5.20. The number of hydrogen-bond donors (Lipinski definition) is 0. The number of methoxy groups -OCH3 is 1. The Morgan fingerprint density at radius 2 is 2.11 bits per heavy atom. The van der Waals surface area contributed by atoms with Crippen LogP contribution in [0.4, 0.5) is 0 Å². The molecule has 0 aliphatic heterocycles. The molecule has 0 aliphatic rings. The van der Waals surface area contributed by atoms with E-state index in [-0.39, 0.29) is 6.04 Å². The SMILES string of the molecule is COc1ccnc(CN(C)C(C)c2ccncn2)c1. The highest BCUT2D eigenvalue weighted by atomic mass is 16.5. The van der Waals surface area contributed by atoms with Crippen molar-refractivity contribution < 1.29 is 4.74 Å². The maximum Gasteiger partial charge on any atom is 0.122 e. The lowest BCUT2D eigenvalue weighted by Gasteiger charge is -2.23. The molecule has 100 valence electrons. The van der Waals surface area contributed by atoms with Gasteiger partial charge in [0.15, 0.2) is 0 Å². The van der Waals surface area contributed by atoms with Crippen LogP contribution in [-0.2, 0) is 6.54 Å². The van der Waals surface area contributed by atoms with Crippen molar-refractivity contribution in [2.45, 2.75) is 19.5 Å². The van der Waals surface area contributed by atoms with Crippen LogP contribution in [0.15, 0.2) is 36.9 Å². The first kappa shape index (κ1) is 13.4. The van der Waals surface area contributed by atoms with Gasteiger partial charge in [-0.05, 0) is 26.1 Å². The molecule has 2 heterocycles. The molecule has 2 aromatic heterocycles. The number of ether oxygens (including phenoxy) is 1. The van der Waals surface area contributed by atoms with Crippen molar-refractivity contribution in [3.8, 4) is 5.75 Å². The summed E-state index contributed by atoms with van der Waals surface area (Å²) < 4.78 is 5.20. The molecule has 19 heavy (non-hydrogen) atoms. The number of hydrogen-bond acceptors (Lipinski definition) is 5. The Morgan fingerprint density at radius 1 is 1.26 bits per heavy atom. The van der Waals surface area contributed by atoms with E-state index in [2.05, 4.69) is 26.8 Å². The molecule has 0 fully saturated rings. The first-order valence-electron chi connectivity index (χ1n) is 6.15. The van der Waals surface area contributed by atoms with Crippen LogP contribution in [-0.4, -0.2) is 34.0 Å². The predicted octanol–water partition coefficient (Wildman–Crippen LogP) is 2.07. The van der Waals surface area contributed by atoms with Crippen LogP contribution in [0.25, 0.3) is 0 Å². The van der Waals surface area contributed by atoms with E-state index in [1.54, 1.807) is 25.8 Å². The zero-order valence-electron chi connectivity index (χ0n) is 11.4. The van der Waals surface area contributed by atoms with Gasteiger partial charge in [0.25, 0.3) is 0 Å². The van der Waals surface area contributed by atoms with Crippen LogP contribution in [0.3, 0.4) is 0 Å². The van der Waals surface area contributed by atoms with Crippen molar-refractivity contribution >= 4 is 0 Å². The van der Waals surface area contributed by atoms with E-state index < -0.39 is 0 Å². The summed E-state index contributed by atoms with van der Waals surface area (Å²) in [7, 11) is 3.71. The van der Waals surface area contributed by atoms with Crippen LogP contribution in [0.1, 0.15) is 24.4 Å². The van der Waals surface area contributed by atoms with Crippen LogP contribution in [0.5, 0.6) is 5.75 Å². The van der Waals surface area contributed by atoms with Crippen molar-refractivity contribution in [3.63, 3.8) is 0 Å². The van der Waals surface area contributed by atoms with Gasteiger partial charge in [0.1, 0.15) is 12.1 Å². The molecule has 5 nitrogen and oxygen atoms in total. The molecule has 0 amide bonds. The fourth-order valence-corrected chi connectivity index (χ4v) is 1.84. The molecule has 0 aliphatic carbocycles. The summed E-state index contributed by atoms with van der Waals surface area (Å²) in [4.78, 5) is 14.7. The Hall–Kier alpha value is -2.01. The second-order valence-electron chi connectivity index (χ2n) is 4.41. The van der Waals surface area contributed by atoms with Crippen molar-refractivity contribution in [2.24, 2.45) is 0 Å². The Bertz CT molecular complexity index is 518. The molecule has 0 spiro atoms. The van der Waals surface area contributed by atoms with E-state index in [1.807, 2.05) is 25.2 Å². The third kappa shape index (κ3) is 3.48. The average molecular weight is 258 g/mol. The van der Waals surface area contributed by atoms with E-state index in [4.69, 9.17) is 4.74 Å². The van der Waals surface area contributed by atoms with Gasteiger partial charge in [-0.2, -0.15) is 0 Å². The van der Waals surface area contributed by atoms with Gasteiger partial charge in [-0.3, -0.25) is 9.88 Å². The van der Waals surface area contributed by atoms with Crippen molar-refractivity contribution in [1.29, 1.82) is 0 Å². The molecule has 5 heteroatoms. The first-order valence-corrected chi connectivity index (χ1v) is 6.15. The van der Waals surface area contributed by atoms with E-state index >= 15 is 0 Å². The third-order valence-corrected chi connectivity index (χ3v) is 3.13. The summed E-state index contributed by atoms with van der Waals surface area (Å²) in [6, 6.07) is 5.93. The Kier molecular flexibility index (Phi) is 4.41. The number of nitrogens with zero attached hydrogens (tertiary/aromatic N) is 4. The molecule has 0 radical (unpaired) electrons. The molecule has 1 atom stereocenters. The van der Waals surface area contributed by atoms with Gasteiger partial charge in [-0.25, -0.2) is 9.97 Å². The lowest BCUT2D eigenvalue weighted by atomic mass is 10.2. The second-order valence-corrected chi connectivity index (χ2v) is 4.41. The van der Waals surface area contributed by atoms with Crippen LogP contribution < -0.4 is 4.74 Å². The van der Waals surface area contributed by atoms with Gasteiger partial charge in [0, 0.05) is 31.0 Å². The maximum absolute atomic E-state index is 5.20. The van der Waals surface area contributed by atoms with E-state index in [1.165, 1.54) is 0 Å². The Labute approximate surface area is 113 Å². The standard InChI is InChI=1S/C14H18N4O/c1-11(14-5-6-15-10-17-14)18(2)9-12-8-13(19-3)4-7-16-12/h4-8,10-11H,9H2,1-3H3. The van der Waals surface area contributed by atoms with Crippen molar-refractivity contribution in [3.05, 3.63) is 48.3 Å². The highest BCUT2D eigenvalue weighted by Crippen LogP contribution is 2.18. The smallest absolute Gasteiger partial charge is 0.122 e. The van der Waals surface area contributed by atoms with Gasteiger partial charge < -0.3 is 4.74 Å². The minimum Gasteiger partial charge on any atom is -0.497 e. The fourth-order valence-electron chi connectivity index (χ4n) is 1.84. The molecule has 0 saturated carbocycles. The van der Waals surface area contributed by atoms with Gasteiger partial charge in [-0.15, -0.1) is 0 Å². The molecule has 0 N–H and O–H groups in total. The topological polar surface area (TPSA) is 51.1 Å². The van der Waals surface area contributed by atoms with Gasteiger partial charge >= 0.3 is 0 Å². The van der Waals surface area contributed by atoms with Gasteiger partial charge in [0.05, 0.1) is 18.5 Å². The van der Waals surface area contributed by atoms with Crippen molar-refractivity contribution in [1.82, 2.24) is 19.9 Å². The Balaban J connectivity index is 2.06. The molecule has 0 saturated heterocycles. The quantitative estimate of drug-likeness (QED) is 0.821. The molecule has 2 rings (SSSR count). The van der Waals surface area contributed by atoms with Gasteiger partial charge in [0.2, 0.25) is 0 Å². The van der Waals surface area contributed by atoms with E-state index in [0.717, 1.165) is 23.7 Å². The third-order valence-electron chi connectivity index (χ3n) is 3.13. The van der Waals surface area contributed by atoms with Crippen LogP contribution >= 0.6 is 0 Å². The molecular weight excluding hydrogens is 240 g/mol. The predicted molar refractivity (Wildman–Crippen MR) is 72.7 cm³/mol. The highest BCUT2D eigenvalue weighted by Gasteiger charge is 2.13. The Morgan fingerprint density at radius 3 is 2.79 bits per heavy atom. The summed E-state index contributed by atoms with van der Waals surface area (Å²) in [6.07, 6.45) is 5.09. The zero-order valence-corrected chi connectivity index (χ0v) is 11.4. The minimum absolute atomic E-state index is 0.205. The largest absolute Gasteiger partial charge is 0.497 e. The summed E-state index contributed by atoms with van der Waals surface area (Å²) >= 11 is 0. The summed E-state index contributed by atoms with van der Waals surface area (Å²) in [5, 5.41) is 0.